The van der Waals surface area contributed by atoms with Gasteiger partial charge in [-0.25, -0.2) is 0 Å². The van der Waals surface area contributed by atoms with Crippen molar-refractivity contribution in [3.8, 4) is 5.75 Å². The normalized spacial score (nSPS) is 12.5. The lowest BCUT2D eigenvalue weighted by Crippen LogP contribution is -2.01. The van der Waals surface area contributed by atoms with Crippen LogP contribution in [0.5, 0.6) is 5.75 Å². The fourth-order valence-electron chi connectivity index (χ4n) is 1.54. The molecule has 1 aromatic rings. The summed E-state index contributed by atoms with van der Waals surface area (Å²) in [5.41, 5.74) is 1.18. The van der Waals surface area contributed by atoms with Gasteiger partial charge in [0.15, 0.2) is 0 Å². The summed E-state index contributed by atoms with van der Waals surface area (Å²) < 4.78 is 5.58. The minimum absolute atomic E-state index is 0.433. The molecule has 0 heterocycles. The molecule has 1 unspecified atom stereocenters. The summed E-state index contributed by atoms with van der Waals surface area (Å²) in [5, 5.41) is 0.763. The largest absolute Gasteiger partial charge is 0.494 e. The van der Waals surface area contributed by atoms with Crippen molar-refractivity contribution in [3.63, 3.8) is 0 Å². The van der Waals surface area contributed by atoms with Gasteiger partial charge in [-0.2, -0.15) is 12.6 Å². The summed E-state index contributed by atoms with van der Waals surface area (Å²) in [6.07, 6.45) is 1.03. The monoisotopic (exact) mass is 244 g/mol. The number of ether oxygens (including phenoxy) is 1. The van der Waals surface area contributed by atoms with Gasteiger partial charge in [0.2, 0.25) is 0 Å². The Balaban J connectivity index is 2.95. The number of hydrogen-bond donors (Lipinski definition) is 1. The molecule has 15 heavy (non-hydrogen) atoms. The van der Waals surface area contributed by atoms with E-state index in [4.69, 9.17) is 16.3 Å². The highest BCUT2D eigenvalue weighted by atomic mass is 35.5. The van der Waals surface area contributed by atoms with Crippen LogP contribution in [0.15, 0.2) is 18.2 Å². The third-order valence-corrected chi connectivity index (χ3v) is 2.86. The van der Waals surface area contributed by atoms with Crippen LogP contribution in [0.1, 0.15) is 31.7 Å². The first-order valence-corrected chi connectivity index (χ1v) is 6.23. The van der Waals surface area contributed by atoms with Crippen LogP contribution in [0.2, 0.25) is 5.02 Å². The molecular formula is C12H17ClOS. The number of benzene rings is 1. The highest BCUT2D eigenvalue weighted by Gasteiger charge is 2.11. The first-order chi connectivity index (χ1) is 7.19. The van der Waals surface area contributed by atoms with Gasteiger partial charge in [-0.3, -0.25) is 0 Å². The quantitative estimate of drug-likeness (QED) is 0.766. The minimum Gasteiger partial charge on any atom is -0.494 e. The second-order valence-electron chi connectivity index (χ2n) is 3.53. The molecule has 1 aromatic carbocycles. The number of thiol groups is 1. The van der Waals surface area contributed by atoms with Gasteiger partial charge >= 0.3 is 0 Å². The van der Waals surface area contributed by atoms with Crippen molar-refractivity contribution in [2.45, 2.75) is 26.2 Å². The van der Waals surface area contributed by atoms with Crippen LogP contribution in [0.4, 0.5) is 0 Å². The second-order valence-corrected chi connectivity index (χ2v) is 4.41. The third-order valence-electron chi connectivity index (χ3n) is 2.36. The van der Waals surface area contributed by atoms with Gasteiger partial charge in [0.05, 0.1) is 6.61 Å². The Labute approximate surface area is 102 Å². The molecule has 0 spiro atoms. The Bertz CT molecular complexity index is 314. The molecule has 0 N–H and O–H groups in total. The maximum absolute atomic E-state index is 5.99. The molecule has 1 nitrogen and oxygen atoms in total. The zero-order valence-corrected chi connectivity index (χ0v) is 10.8. The van der Waals surface area contributed by atoms with E-state index in [2.05, 4.69) is 19.6 Å². The fourth-order valence-corrected chi connectivity index (χ4v) is 2.11. The molecule has 0 aliphatic heterocycles. The van der Waals surface area contributed by atoms with Gasteiger partial charge in [-0.1, -0.05) is 18.5 Å². The molecule has 0 amide bonds. The lowest BCUT2D eigenvalue weighted by molar-refractivity contribution is 0.334. The minimum atomic E-state index is 0.433. The van der Waals surface area contributed by atoms with Crippen molar-refractivity contribution in [1.29, 1.82) is 0 Å². The smallest absolute Gasteiger partial charge is 0.122 e. The van der Waals surface area contributed by atoms with Crippen LogP contribution in [0, 0.1) is 0 Å². The van der Waals surface area contributed by atoms with E-state index in [0.717, 1.165) is 22.9 Å². The molecule has 1 atom stereocenters. The molecule has 0 bridgehead atoms. The van der Waals surface area contributed by atoms with Crippen LogP contribution in [-0.4, -0.2) is 12.4 Å². The highest BCUT2D eigenvalue weighted by molar-refractivity contribution is 7.80. The van der Waals surface area contributed by atoms with E-state index in [9.17, 15) is 0 Å². The van der Waals surface area contributed by atoms with Gasteiger partial charge in [0.1, 0.15) is 5.75 Å². The van der Waals surface area contributed by atoms with Crippen LogP contribution >= 0.6 is 24.2 Å². The molecule has 0 aliphatic carbocycles. The van der Waals surface area contributed by atoms with Crippen LogP contribution in [0.25, 0.3) is 0 Å². The number of rotatable bonds is 5. The van der Waals surface area contributed by atoms with Gasteiger partial charge < -0.3 is 4.74 Å². The zero-order chi connectivity index (χ0) is 11.3. The van der Waals surface area contributed by atoms with E-state index in [1.807, 2.05) is 25.1 Å². The third kappa shape index (κ3) is 3.62. The van der Waals surface area contributed by atoms with E-state index in [1.165, 1.54) is 5.56 Å². The summed E-state index contributed by atoms with van der Waals surface area (Å²) >= 11 is 10.2. The molecule has 0 saturated carbocycles. The predicted molar refractivity (Wildman–Crippen MR) is 69.5 cm³/mol. The van der Waals surface area contributed by atoms with Crippen LogP contribution < -0.4 is 4.74 Å². The molecule has 84 valence electrons. The Morgan fingerprint density at radius 1 is 1.47 bits per heavy atom. The van der Waals surface area contributed by atoms with Crippen LogP contribution in [0.3, 0.4) is 0 Å². The first-order valence-electron chi connectivity index (χ1n) is 5.22. The molecule has 0 aliphatic rings. The van der Waals surface area contributed by atoms with Gasteiger partial charge in [0.25, 0.3) is 0 Å². The molecular weight excluding hydrogens is 228 g/mol. The molecule has 0 saturated heterocycles. The summed E-state index contributed by atoms with van der Waals surface area (Å²) in [6, 6.07) is 5.79. The Hall–Kier alpha value is -0.340. The van der Waals surface area contributed by atoms with Crippen molar-refractivity contribution < 1.29 is 4.74 Å². The average Bonchev–Trinajstić information content (AvgIpc) is 2.21. The Morgan fingerprint density at radius 2 is 2.20 bits per heavy atom. The average molecular weight is 245 g/mol. The van der Waals surface area contributed by atoms with Crippen LogP contribution in [-0.2, 0) is 0 Å². The SMILES string of the molecule is CCOc1ccc(Cl)cc1C(C)CCS. The van der Waals surface area contributed by atoms with Crippen molar-refractivity contribution in [3.05, 3.63) is 28.8 Å². The lowest BCUT2D eigenvalue weighted by Gasteiger charge is -2.16. The van der Waals surface area contributed by atoms with Gasteiger partial charge in [-0.15, -0.1) is 0 Å². The summed E-state index contributed by atoms with van der Waals surface area (Å²) in [4.78, 5) is 0. The van der Waals surface area contributed by atoms with E-state index in [-0.39, 0.29) is 0 Å². The Kier molecular flexibility index (Phi) is 5.34. The maximum atomic E-state index is 5.99. The van der Waals surface area contributed by atoms with Crippen molar-refractivity contribution in [2.75, 3.05) is 12.4 Å². The molecule has 1 rings (SSSR count). The standard InChI is InChI=1S/C12H17ClOS/c1-3-14-12-5-4-10(13)8-11(12)9(2)6-7-15/h4-5,8-9,15H,3,6-7H2,1-2H3. The summed E-state index contributed by atoms with van der Waals surface area (Å²) in [5.74, 6) is 2.25. The highest BCUT2D eigenvalue weighted by Crippen LogP contribution is 2.31. The van der Waals surface area contributed by atoms with E-state index in [1.54, 1.807) is 0 Å². The van der Waals surface area contributed by atoms with Gasteiger partial charge in [-0.05, 0) is 48.8 Å². The summed E-state index contributed by atoms with van der Waals surface area (Å²) in [6.45, 7) is 4.84. The predicted octanol–water partition coefficient (Wildman–Crippen LogP) is 4.16. The van der Waals surface area contributed by atoms with E-state index in [0.29, 0.717) is 12.5 Å². The lowest BCUT2D eigenvalue weighted by atomic mass is 9.98. The zero-order valence-electron chi connectivity index (χ0n) is 9.16. The molecule has 0 fully saturated rings. The van der Waals surface area contributed by atoms with E-state index >= 15 is 0 Å². The number of hydrogen-bond acceptors (Lipinski definition) is 2. The van der Waals surface area contributed by atoms with Crippen molar-refractivity contribution >= 4 is 24.2 Å². The number of halogens is 1. The topological polar surface area (TPSA) is 9.23 Å². The van der Waals surface area contributed by atoms with Gasteiger partial charge in [0, 0.05) is 5.02 Å². The fraction of sp³-hybridized carbons (Fsp3) is 0.500. The van der Waals surface area contributed by atoms with Crippen molar-refractivity contribution in [1.82, 2.24) is 0 Å². The second kappa shape index (κ2) is 6.29. The maximum Gasteiger partial charge on any atom is 0.122 e. The van der Waals surface area contributed by atoms with E-state index < -0.39 is 0 Å². The molecule has 0 radical (unpaired) electrons. The Morgan fingerprint density at radius 3 is 2.80 bits per heavy atom. The molecule has 0 aromatic heterocycles. The van der Waals surface area contributed by atoms with Crippen molar-refractivity contribution in [2.24, 2.45) is 0 Å². The summed E-state index contributed by atoms with van der Waals surface area (Å²) in [7, 11) is 0. The molecule has 3 heteroatoms. The first kappa shape index (κ1) is 12.7.